The molecule has 0 radical (unpaired) electrons. The number of benzene rings is 1. The Labute approximate surface area is 282 Å². The van der Waals surface area contributed by atoms with Crippen LogP contribution in [0.1, 0.15) is 88.7 Å². The number of unbranched alkanes of at least 4 members (excludes halogenated alkanes) is 1. The molecule has 2 aliphatic heterocycles. The smallest absolute Gasteiger partial charge is 0.306 e. The second-order valence-corrected chi connectivity index (χ2v) is 13.8. The Kier molecular flexibility index (Phi) is 12.8. The van der Waals surface area contributed by atoms with E-state index in [1.54, 1.807) is 12.2 Å². The van der Waals surface area contributed by atoms with Gasteiger partial charge in [-0.15, -0.1) is 0 Å². The number of likely N-dealkylation sites (tertiary alicyclic amines) is 1. The number of aryl methyl sites for hydroxylation is 1. The highest BCUT2D eigenvalue weighted by atomic mass is 16.4. The number of carboxylic acid groups (broad SMARTS) is 1. The molecule has 1 saturated heterocycles. The van der Waals surface area contributed by atoms with Crippen LogP contribution in [0, 0.1) is 18.3 Å². The molecule has 8 nitrogen and oxygen atoms in total. The quantitative estimate of drug-likeness (QED) is 0.0873. The van der Waals surface area contributed by atoms with Crippen LogP contribution in [0.25, 0.3) is 0 Å². The van der Waals surface area contributed by atoms with Crippen LogP contribution in [-0.2, 0) is 4.79 Å². The predicted molar refractivity (Wildman–Crippen MR) is 192 cm³/mol. The molecule has 0 amide bonds. The maximum Gasteiger partial charge on any atom is 0.306 e. The maximum atomic E-state index is 11.0. The zero-order valence-electron chi connectivity index (χ0n) is 28.8. The van der Waals surface area contributed by atoms with Gasteiger partial charge in [0.1, 0.15) is 11.6 Å². The van der Waals surface area contributed by atoms with Crippen molar-refractivity contribution >= 4 is 5.97 Å². The molecule has 0 aromatic heterocycles. The van der Waals surface area contributed by atoms with Gasteiger partial charge in [-0.2, -0.15) is 0 Å². The van der Waals surface area contributed by atoms with Crippen molar-refractivity contribution in [2.24, 2.45) is 17.1 Å². The Morgan fingerprint density at radius 1 is 1.06 bits per heavy atom. The second kappa shape index (κ2) is 16.8. The summed E-state index contributed by atoms with van der Waals surface area (Å²) < 4.78 is 0. The van der Waals surface area contributed by atoms with E-state index in [0.717, 1.165) is 62.9 Å². The van der Waals surface area contributed by atoms with Gasteiger partial charge in [-0.1, -0.05) is 81.5 Å². The van der Waals surface area contributed by atoms with Crippen molar-refractivity contribution in [1.82, 2.24) is 20.7 Å². The Balaban J connectivity index is 0.000000213. The molecule has 2 heterocycles. The van der Waals surface area contributed by atoms with Crippen LogP contribution in [0.4, 0.5) is 0 Å². The Morgan fingerprint density at radius 2 is 1.74 bits per heavy atom. The van der Waals surface area contributed by atoms with Gasteiger partial charge >= 0.3 is 5.97 Å². The zero-order valence-corrected chi connectivity index (χ0v) is 28.8. The number of aliphatic hydroxyl groups excluding tert-OH is 1. The van der Waals surface area contributed by atoms with Crippen molar-refractivity contribution < 1.29 is 15.0 Å². The summed E-state index contributed by atoms with van der Waals surface area (Å²) in [7, 11) is 0. The predicted octanol–water partition coefficient (Wildman–Crippen LogP) is 7.18. The average Bonchev–Trinajstić information content (AvgIpc) is 3.01. The summed E-state index contributed by atoms with van der Waals surface area (Å²) >= 11 is 0. The summed E-state index contributed by atoms with van der Waals surface area (Å²) in [5.74, 6) is 0.611. The number of nitrogens with two attached hydrogens (primary N) is 1. The second-order valence-electron chi connectivity index (χ2n) is 13.8. The zero-order chi connectivity index (χ0) is 34.0. The van der Waals surface area contributed by atoms with Gasteiger partial charge in [0.25, 0.3) is 0 Å². The summed E-state index contributed by atoms with van der Waals surface area (Å²) in [5, 5.41) is 18.8. The lowest BCUT2D eigenvalue weighted by atomic mass is 9.49. The molecule has 3 fully saturated rings. The molecule has 4 aliphatic rings. The molecule has 1 aromatic carbocycles. The van der Waals surface area contributed by atoms with Crippen LogP contribution in [0.3, 0.4) is 0 Å². The van der Waals surface area contributed by atoms with Crippen LogP contribution in [-0.4, -0.2) is 58.2 Å². The van der Waals surface area contributed by atoms with Crippen LogP contribution < -0.4 is 16.6 Å². The van der Waals surface area contributed by atoms with Crippen molar-refractivity contribution in [1.29, 1.82) is 0 Å². The summed E-state index contributed by atoms with van der Waals surface area (Å²) in [5.41, 5.74) is 17.5. The van der Waals surface area contributed by atoms with E-state index in [9.17, 15) is 9.90 Å². The topological polar surface area (TPSA) is 114 Å². The van der Waals surface area contributed by atoms with Gasteiger partial charge in [-0.3, -0.25) is 15.6 Å². The van der Waals surface area contributed by atoms with E-state index in [1.165, 1.54) is 49.9 Å². The molecular formula is C39H57N5O3. The van der Waals surface area contributed by atoms with Gasteiger partial charge in [0.05, 0.1) is 17.3 Å². The van der Waals surface area contributed by atoms with E-state index < -0.39 is 5.97 Å². The molecule has 2 saturated carbocycles. The molecule has 0 bridgehead atoms. The monoisotopic (exact) mass is 643 g/mol. The van der Waals surface area contributed by atoms with Gasteiger partial charge in [-0.25, -0.2) is 0 Å². The standard InChI is InChI=1S/C20H27NO2.C19H30N4O/c1-14-2-4-15(5-3-14)16-6-8-21(9-7-16)18-12-20(13-18)10-17(11-20)19(22)23;1-5-8-9-10-13-23(12-7-3)18-14-17(21-22-19(18)20)16(11-6-2)15(4)24/h2-5,16-18H,6-13H2,1H3,(H,22,23);6,9-11,14,21-22,24H,2,4-5,7-8,12-13,20H2,1,3H3/b;10-9-,16-11+. The van der Waals surface area contributed by atoms with Gasteiger partial charge in [0.2, 0.25) is 0 Å². The minimum absolute atomic E-state index is 0.0276. The highest BCUT2D eigenvalue weighted by Gasteiger charge is 2.56. The van der Waals surface area contributed by atoms with Crippen LogP contribution in [0.2, 0.25) is 0 Å². The molecule has 0 unspecified atom stereocenters. The van der Waals surface area contributed by atoms with Gasteiger partial charge in [0.15, 0.2) is 0 Å². The molecule has 6 N–H and O–H groups in total. The van der Waals surface area contributed by atoms with Crippen molar-refractivity contribution in [3.63, 3.8) is 0 Å². The number of hydrogen-bond donors (Lipinski definition) is 5. The summed E-state index contributed by atoms with van der Waals surface area (Å²) in [6, 6.07) is 9.78. The number of rotatable bonds is 13. The lowest BCUT2D eigenvalue weighted by Crippen LogP contribution is -2.58. The number of carboxylic acids is 1. The fraction of sp³-hybridized carbons (Fsp3) is 0.513. The normalized spacial score (nSPS) is 24.7. The first-order valence-electron chi connectivity index (χ1n) is 17.5. The number of aliphatic carboxylic acids is 1. The number of nitrogens with one attached hydrogen (secondary N) is 2. The Bertz CT molecular complexity index is 1350. The number of allylic oxidation sites excluding steroid dienone is 4. The molecular weight excluding hydrogens is 586 g/mol. The van der Waals surface area contributed by atoms with Crippen LogP contribution in [0.15, 0.2) is 96.4 Å². The van der Waals surface area contributed by atoms with Crippen molar-refractivity contribution in [2.75, 3.05) is 26.2 Å². The third kappa shape index (κ3) is 9.34. The van der Waals surface area contributed by atoms with E-state index in [-0.39, 0.29) is 11.7 Å². The third-order valence-electron chi connectivity index (χ3n) is 10.2. The Morgan fingerprint density at radius 3 is 2.32 bits per heavy atom. The molecule has 8 heteroatoms. The largest absolute Gasteiger partial charge is 0.508 e. The first kappa shape index (κ1) is 35.9. The SMILES string of the molecule is C=C/C=C(\C(=C)O)C1=CC(N(C/C=C\CCC)CCC)=C(N)NN1.Cc1ccc(C2CCN(C3CC4(CC(C(=O)O)C4)C3)CC2)cc1. The summed E-state index contributed by atoms with van der Waals surface area (Å²) in [6.07, 6.45) is 19.7. The van der Waals surface area contributed by atoms with Crippen LogP contribution >= 0.6 is 0 Å². The fourth-order valence-electron chi connectivity index (χ4n) is 7.51. The lowest BCUT2D eigenvalue weighted by Gasteiger charge is -2.59. The minimum atomic E-state index is -0.585. The van der Waals surface area contributed by atoms with Crippen molar-refractivity contribution in [3.8, 4) is 0 Å². The number of aliphatic hydroxyl groups is 1. The van der Waals surface area contributed by atoms with Crippen LogP contribution in [0.5, 0.6) is 0 Å². The number of carbonyl (C=O) groups is 1. The number of piperidine rings is 1. The molecule has 5 rings (SSSR count). The molecule has 0 atom stereocenters. The summed E-state index contributed by atoms with van der Waals surface area (Å²) in [4.78, 5) is 15.9. The van der Waals surface area contributed by atoms with Crippen molar-refractivity contribution in [2.45, 2.75) is 90.5 Å². The van der Waals surface area contributed by atoms with E-state index >= 15 is 0 Å². The number of hydrazine groups is 1. The van der Waals surface area contributed by atoms with Crippen molar-refractivity contribution in [3.05, 3.63) is 107 Å². The number of nitrogens with zero attached hydrogens (tertiary/aromatic N) is 2. The summed E-state index contributed by atoms with van der Waals surface area (Å²) in [6.45, 7) is 17.8. The van der Waals surface area contributed by atoms with E-state index in [1.807, 2.05) is 6.08 Å². The van der Waals surface area contributed by atoms with E-state index in [2.05, 4.69) is 91.0 Å². The first-order valence-corrected chi connectivity index (χ1v) is 17.5. The molecule has 256 valence electrons. The average molecular weight is 644 g/mol. The van der Waals surface area contributed by atoms with Gasteiger partial charge < -0.3 is 25.7 Å². The molecule has 1 aromatic rings. The lowest BCUT2D eigenvalue weighted by molar-refractivity contribution is -0.160. The third-order valence-corrected chi connectivity index (χ3v) is 10.2. The molecule has 47 heavy (non-hydrogen) atoms. The number of hydrogen-bond acceptors (Lipinski definition) is 7. The molecule has 2 aliphatic carbocycles. The van der Waals surface area contributed by atoms with E-state index in [4.69, 9.17) is 10.8 Å². The first-order chi connectivity index (χ1) is 22.6. The molecule has 1 spiro atoms. The van der Waals surface area contributed by atoms with Gasteiger partial charge in [-0.05, 0) is 100 Å². The highest BCUT2D eigenvalue weighted by molar-refractivity contribution is 5.71. The van der Waals surface area contributed by atoms with Gasteiger partial charge in [0, 0.05) is 24.7 Å². The Hall–Kier alpha value is -3.91. The maximum absolute atomic E-state index is 11.0. The fourth-order valence-corrected chi connectivity index (χ4v) is 7.51. The minimum Gasteiger partial charge on any atom is -0.508 e. The highest BCUT2D eigenvalue weighted by Crippen LogP contribution is 2.60. The van der Waals surface area contributed by atoms with E-state index in [0.29, 0.717) is 22.5 Å².